The van der Waals surface area contributed by atoms with E-state index in [9.17, 15) is 4.79 Å². The lowest BCUT2D eigenvalue weighted by molar-refractivity contribution is 0.171. The van der Waals surface area contributed by atoms with Crippen LogP contribution in [0.15, 0.2) is 18.2 Å². The van der Waals surface area contributed by atoms with Crippen molar-refractivity contribution in [3.8, 4) is 11.5 Å². The molecule has 0 spiro atoms. The van der Waals surface area contributed by atoms with Gasteiger partial charge in [-0.1, -0.05) is 6.07 Å². The van der Waals surface area contributed by atoms with Gasteiger partial charge in [-0.05, 0) is 43.4 Å². The fourth-order valence-electron chi connectivity index (χ4n) is 3.16. The van der Waals surface area contributed by atoms with Crippen molar-refractivity contribution >= 4 is 6.03 Å². The molecule has 1 N–H and O–H groups in total. The number of urea groups is 1. The smallest absolute Gasteiger partial charge is 0.318 e. The minimum absolute atomic E-state index is 0.0693. The van der Waals surface area contributed by atoms with Crippen LogP contribution in [-0.4, -0.2) is 37.2 Å². The summed E-state index contributed by atoms with van der Waals surface area (Å²) in [5.41, 5.74) is 0.925. The highest BCUT2D eigenvalue weighted by Gasteiger charge is 2.47. The fourth-order valence-corrected chi connectivity index (χ4v) is 3.16. The summed E-state index contributed by atoms with van der Waals surface area (Å²) in [6, 6.07) is 6.09. The molecule has 2 amide bonds. The lowest BCUT2D eigenvalue weighted by atomic mass is 10.0. The van der Waals surface area contributed by atoms with Gasteiger partial charge in [-0.3, -0.25) is 0 Å². The minimum Gasteiger partial charge on any atom is -0.486 e. The van der Waals surface area contributed by atoms with Gasteiger partial charge in [0.2, 0.25) is 0 Å². The molecule has 0 unspecified atom stereocenters. The summed E-state index contributed by atoms with van der Waals surface area (Å²) in [6.45, 7) is 2.94. The molecule has 5 nitrogen and oxygen atoms in total. The monoisotopic (exact) mass is 288 g/mol. The lowest BCUT2D eigenvalue weighted by Gasteiger charge is -2.25. The normalized spacial score (nSPS) is 22.0. The fraction of sp³-hybridized carbons (Fsp3) is 0.562. The molecule has 1 aliphatic carbocycles. The Hall–Kier alpha value is -1.91. The molecule has 1 aromatic carbocycles. The largest absolute Gasteiger partial charge is 0.486 e. The Balaban J connectivity index is 1.53. The van der Waals surface area contributed by atoms with Crippen molar-refractivity contribution in [1.29, 1.82) is 0 Å². The third-order valence-corrected chi connectivity index (χ3v) is 4.58. The number of benzene rings is 1. The van der Waals surface area contributed by atoms with Crippen molar-refractivity contribution in [2.75, 3.05) is 26.3 Å². The Bertz CT molecular complexity index is 563. The number of rotatable bonds is 2. The maximum absolute atomic E-state index is 12.3. The molecular weight excluding hydrogens is 268 g/mol. The second kappa shape index (κ2) is 4.83. The van der Waals surface area contributed by atoms with E-state index >= 15 is 0 Å². The Morgan fingerprint density at radius 1 is 1.10 bits per heavy atom. The van der Waals surface area contributed by atoms with Gasteiger partial charge >= 0.3 is 6.03 Å². The van der Waals surface area contributed by atoms with Crippen LogP contribution in [0.2, 0.25) is 0 Å². The van der Waals surface area contributed by atoms with Crippen molar-refractivity contribution in [1.82, 2.24) is 10.2 Å². The summed E-state index contributed by atoms with van der Waals surface area (Å²) in [6.07, 6.45) is 4.22. The Labute approximate surface area is 124 Å². The number of ether oxygens (including phenoxy) is 2. The highest BCUT2D eigenvalue weighted by molar-refractivity contribution is 5.76. The van der Waals surface area contributed by atoms with Gasteiger partial charge in [0.1, 0.15) is 13.2 Å². The van der Waals surface area contributed by atoms with E-state index in [4.69, 9.17) is 9.47 Å². The van der Waals surface area contributed by atoms with Crippen LogP contribution in [-0.2, 0) is 5.54 Å². The summed E-state index contributed by atoms with van der Waals surface area (Å²) in [5.74, 6) is 1.59. The molecule has 3 aliphatic rings. The minimum atomic E-state index is -0.199. The lowest BCUT2D eigenvalue weighted by Crippen LogP contribution is -2.43. The average Bonchev–Trinajstić information content (AvgIpc) is 3.09. The maximum atomic E-state index is 12.3. The Morgan fingerprint density at radius 3 is 2.52 bits per heavy atom. The molecule has 1 aromatic rings. The van der Waals surface area contributed by atoms with Crippen LogP contribution < -0.4 is 14.8 Å². The van der Waals surface area contributed by atoms with Gasteiger partial charge in [0.15, 0.2) is 11.5 Å². The Kier molecular flexibility index (Phi) is 2.94. The van der Waals surface area contributed by atoms with Crippen molar-refractivity contribution in [3.05, 3.63) is 23.8 Å². The molecule has 2 heterocycles. The predicted octanol–water partition coefficient (Wildman–Crippen LogP) is 2.25. The van der Waals surface area contributed by atoms with E-state index in [0.29, 0.717) is 13.2 Å². The van der Waals surface area contributed by atoms with Gasteiger partial charge in [0, 0.05) is 13.1 Å². The number of likely N-dealkylation sites (tertiary alicyclic amines) is 1. The standard InChI is InChI=1S/C16H20N2O3/c19-15(18-7-1-2-8-18)17-16(5-6-16)12-3-4-13-14(11-12)21-10-9-20-13/h3-4,11H,1-2,5-10H2,(H,17,19). The number of hydrogen-bond donors (Lipinski definition) is 1. The first-order valence-electron chi connectivity index (χ1n) is 7.74. The van der Waals surface area contributed by atoms with E-state index in [1.54, 1.807) is 0 Å². The second-order valence-corrected chi connectivity index (χ2v) is 6.06. The van der Waals surface area contributed by atoms with Crippen LogP contribution in [0, 0.1) is 0 Å². The number of fused-ring (bicyclic) bond motifs is 1. The molecule has 1 saturated heterocycles. The summed E-state index contributed by atoms with van der Waals surface area (Å²) in [7, 11) is 0. The number of carbonyl (C=O) groups excluding carboxylic acids is 1. The molecule has 21 heavy (non-hydrogen) atoms. The molecule has 0 aromatic heterocycles. The average molecular weight is 288 g/mol. The molecule has 0 radical (unpaired) electrons. The first-order valence-corrected chi connectivity index (χ1v) is 7.74. The van der Waals surface area contributed by atoms with Gasteiger partial charge in [-0.15, -0.1) is 0 Å². The molecule has 2 fully saturated rings. The van der Waals surface area contributed by atoms with Gasteiger partial charge in [0.05, 0.1) is 5.54 Å². The van der Waals surface area contributed by atoms with Crippen molar-refractivity contribution in [2.24, 2.45) is 0 Å². The SMILES string of the molecule is O=C(NC1(c2ccc3c(c2)OCCO3)CC1)N1CCCC1. The highest BCUT2D eigenvalue weighted by Crippen LogP contribution is 2.48. The zero-order chi connectivity index (χ0) is 14.3. The van der Waals surface area contributed by atoms with Gasteiger partial charge < -0.3 is 19.7 Å². The summed E-state index contributed by atoms with van der Waals surface area (Å²) in [5, 5.41) is 3.22. The number of carbonyl (C=O) groups is 1. The number of hydrogen-bond acceptors (Lipinski definition) is 3. The molecule has 1 saturated carbocycles. The third-order valence-electron chi connectivity index (χ3n) is 4.58. The van der Waals surface area contributed by atoms with Crippen LogP contribution in [0.25, 0.3) is 0 Å². The van der Waals surface area contributed by atoms with Gasteiger partial charge in [-0.25, -0.2) is 4.79 Å². The van der Waals surface area contributed by atoms with Crippen molar-refractivity contribution in [2.45, 2.75) is 31.2 Å². The van der Waals surface area contributed by atoms with E-state index in [-0.39, 0.29) is 11.6 Å². The van der Waals surface area contributed by atoms with Crippen molar-refractivity contribution < 1.29 is 14.3 Å². The van der Waals surface area contributed by atoms with E-state index in [2.05, 4.69) is 5.32 Å². The van der Waals surface area contributed by atoms with E-state index in [1.165, 1.54) is 0 Å². The quantitative estimate of drug-likeness (QED) is 0.908. The maximum Gasteiger partial charge on any atom is 0.318 e. The summed E-state index contributed by atoms with van der Waals surface area (Å²) >= 11 is 0. The topological polar surface area (TPSA) is 50.8 Å². The van der Waals surface area contributed by atoms with Crippen LogP contribution in [0.3, 0.4) is 0 Å². The summed E-state index contributed by atoms with van der Waals surface area (Å²) < 4.78 is 11.2. The van der Waals surface area contributed by atoms with Crippen molar-refractivity contribution in [3.63, 3.8) is 0 Å². The molecule has 0 bridgehead atoms. The Morgan fingerprint density at radius 2 is 1.81 bits per heavy atom. The van der Waals surface area contributed by atoms with Crippen LogP contribution in [0.1, 0.15) is 31.2 Å². The van der Waals surface area contributed by atoms with Crippen LogP contribution >= 0.6 is 0 Å². The van der Waals surface area contributed by atoms with Crippen LogP contribution in [0.5, 0.6) is 11.5 Å². The van der Waals surface area contributed by atoms with E-state index in [1.807, 2.05) is 23.1 Å². The zero-order valence-corrected chi connectivity index (χ0v) is 12.1. The first kappa shape index (κ1) is 12.8. The molecule has 4 rings (SSSR count). The van der Waals surface area contributed by atoms with Crippen LogP contribution in [0.4, 0.5) is 4.79 Å². The van der Waals surface area contributed by atoms with Gasteiger partial charge in [0.25, 0.3) is 0 Å². The third kappa shape index (κ3) is 2.30. The van der Waals surface area contributed by atoms with E-state index in [0.717, 1.165) is 55.8 Å². The molecule has 0 atom stereocenters. The number of nitrogens with zero attached hydrogens (tertiary/aromatic N) is 1. The molecule has 5 heteroatoms. The highest BCUT2D eigenvalue weighted by atomic mass is 16.6. The second-order valence-electron chi connectivity index (χ2n) is 6.06. The molecule has 112 valence electrons. The molecular formula is C16H20N2O3. The predicted molar refractivity (Wildman–Crippen MR) is 77.7 cm³/mol. The first-order chi connectivity index (χ1) is 10.3. The number of amides is 2. The number of nitrogens with one attached hydrogen (secondary N) is 1. The summed E-state index contributed by atoms with van der Waals surface area (Å²) in [4.78, 5) is 14.2. The zero-order valence-electron chi connectivity index (χ0n) is 12.1. The van der Waals surface area contributed by atoms with Gasteiger partial charge in [-0.2, -0.15) is 0 Å². The molecule has 2 aliphatic heterocycles. The van der Waals surface area contributed by atoms with E-state index < -0.39 is 0 Å².